The maximum atomic E-state index is 13.2. The van der Waals surface area contributed by atoms with Crippen LogP contribution in [0.3, 0.4) is 0 Å². The van der Waals surface area contributed by atoms with Crippen molar-refractivity contribution in [2.75, 3.05) is 13.2 Å². The number of carbonyl (C=O) groups is 1. The molecule has 0 spiro atoms. The molecule has 1 saturated heterocycles. The van der Waals surface area contributed by atoms with Gasteiger partial charge < -0.3 is 35.2 Å². The Bertz CT molecular complexity index is 1450. The lowest BCUT2D eigenvalue weighted by Gasteiger charge is -2.41. The number of hydrogen-bond donors (Lipinski definition) is 6. The van der Waals surface area contributed by atoms with Crippen LogP contribution in [0.2, 0.25) is 0 Å². The molecule has 0 radical (unpaired) electrons. The fourth-order valence-electron chi connectivity index (χ4n) is 11.5. The molecule has 0 saturated carbocycles. The maximum Gasteiger partial charge on any atom is 0.397 e. The van der Waals surface area contributed by atoms with Crippen molar-refractivity contribution in [1.82, 2.24) is 5.32 Å². The van der Waals surface area contributed by atoms with Gasteiger partial charge in [0.15, 0.2) is 6.29 Å². The summed E-state index contributed by atoms with van der Waals surface area (Å²) in [5.41, 5.74) is 0. The fourth-order valence-corrected chi connectivity index (χ4v) is 12.0. The van der Waals surface area contributed by atoms with Gasteiger partial charge in [0.2, 0.25) is 5.91 Å². The van der Waals surface area contributed by atoms with Crippen molar-refractivity contribution in [3.8, 4) is 0 Å². The predicted octanol–water partition coefficient (Wildman–Crippen LogP) is 17.7. The lowest BCUT2D eigenvalue weighted by Crippen LogP contribution is -2.61. The van der Waals surface area contributed by atoms with Crippen LogP contribution in [0.4, 0.5) is 0 Å². The first-order valence-corrected chi connectivity index (χ1v) is 35.9. The van der Waals surface area contributed by atoms with E-state index in [1.165, 1.54) is 289 Å². The van der Waals surface area contributed by atoms with Crippen molar-refractivity contribution < 1.29 is 51.8 Å². The first kappa shape index (κ1) is 76.9. The minimum atomic E-state index is -5.09. The summed E-state index contributed by atoms with van der Waals surface area (Å²) in [4.78, 5) is 13.2. The number of aliphatic hydroxyl groups excluding tert-OH is 4. The molecule has 1 fully saturated rings. The van der Waals surface area contributed by atoms with Gasteiger partial charge in [-0.05, 0) is 19.3 Å². The Hall–Kier alpha value is -1.16. The second-order valence-corrected chi connectivity index (χ2v) is 25.5. The number of amides is 1. The van der Waals surface area contributed by atoms with Gasteiger partial charge in [-0.15, -0.1) is 0 Å². The highest BCUT2D eigenvalue weighted by Gasteiger charge is 2.48. The van der Waals surface area contributed by atoms with E-state index in [9.17, 15) is 38.2 Å². The lowest BCUT2D eigenvalue weighted by molar-refractivity contribution is -0.298. The Morgan fingerprint density at radius 1 is 0.487 bits per heavy atom. The summed E-state index contributed by atoms with van der Waals surface area (Å²) in [5, 5.41) is 45.1. The van der Waals surface area contributed by atoms with Crippen LogP contribution in [-0.2, 0) is 28.9 Å². The Kier molecular flexibility index (Phi) is 54.7. The normalized spacial score (nSPS) is 18.6. The quantitative estimate of drug-likeness (QED) is 0.0193. The molecule has 0 aromatic heterocycles. The molecule has 6 N–H and O–H groups in total. The fraction of sp³-hybridized carbons (Fsp3) is 0.955. The molecule has 12 nitrogen and oxygen atoms in total. The van der Waals surface area contributed by atoms with Crippen LogP contribution >= 0.6 is 0 Å². The van der Waals surface area contributed by atoms with E-state index in [0.717, 1.165) is 38.5 Å². The summed E-state index contributed by atoms with van der Waals surface area (Å²) in [6, 6.07) is -0.941. The van der Waals surface area contributed by atoms with Crippen molar-refractivity contribution >= 4 is 16.3 Å². The van der Waals surface area contributed by atoms with Crippen LogP contribution in [0.25, 0.3) is 0 Å². The van der Waals surface area contributed by atoms with Crippen LogP contribution in [-0.4, -0.2) is 95.4 Å². The van der Waals surface area contributed by atoms with Gasteiger partial charge in [0.1, 0.15) is 24.4 Å². The number of unbranched alkanes of at least 4 members (excludes halogenated alkanes) is 50. The zero-order valence-corrected chi connectivity index (χ0v) is 53.0. The summed E-state index contributed by atoms with van der Waals surface area (Å²) in [6.07, 6.45) is 62.9. The molecule has 13 heteroatoms. The van der Waals surface area contributed by atoms with Crippen LogP contribution < -0.4 is 5.32 Å². The third-order valence-electron chi connectivity index (χ3n) is 16.8. The number of carbonyl (C=O) groups excluding carboxylic acids is 1. The van der Waals surface area contributed by atoms with E-state index >= 15 is 0 Å². The monoisotopic (exact) mass is 1160 g/mol. The van der Waals surface area contributed by atoms with Crippen LogP contribution in [0, 0.1) is 0 Å². The molecular weight excluding hydrogens is 1030 g/mol. The summed E-state index contributed by atoms with van der Waals surface area (Å²) >= 11 is 0. The SMILES string of the molecule is CCCCCCCCCCCCCCCCCCCCC/C=C/C(O)C(COC1OC(CO)C(O)C(OS(=O)(=O)O)C1O)NC(=O)CCCCCCCCCCCCCCCCCCCCCCCCCCCCCCCCCC. The zero-order valence-electron chi connectivity index (χ0n) is 52.2. The van der Waals surface area contributed by atoms with E-state index in [-0.39, 0.29) is 18.9 Å². The molecule has 0 aromatic rings. The van der Waals surface area contributed by atoms with Crippen LogP contribution in [0.1, 0.15) is 354 Å². The first-order chi connectivity index (χ1) is 39.0. The van der Waals surface area contributed by atoms with Crippen molar-refractivity contribution in [3.63, 3.8) is 0 Å². The van der Waals surface area contributed by atoms with Gasteiger partial charge in [-0.3, -0.25) is 9.35 Å². The van der Waals surface area contributed by atoms with Gasteiger partial charge in [-0.1, -0.05) is 341 Å². The van der Waals surface area contributed by atoms with Crippen molar-refractivity contribution in [2.24, 2.45) is 0 Å². The topological polar surface area (TPSA) is 192 Å². The van der Waals surface area contributed by atoms with E-state index in [4.69, 9.17) is 9.47 Å². The molecule has 7 unspecified atom stereocenters. The largest absolute Gasteiger partial charge is 0.397 e. The highest BCUT2D eigenvalue weighted by atomic mass is 32.3. The van der Waals surface area contributed by atoms with E-state index in [2.05, 4.69) is 23.3 Å². The Morgan fingerprint density at radius 2 is 0.787 bits per heavy atom. The van der Waals surface area contributed by atoms with Crippen molar-refractivity contribution in [3.05, 3.63) is 12.2 Å². The summed E-state index contributed by atoms with van der Waals surface area (Å²) in [7, 11) is -5.09. The minimum Gasteiger partial charge on any atom is -0.394 e. The molecule has 476 valence electrons. The Balaban J connectivity index is 2.23. The highest BCUT2D eigenvalue weighted by molar-refractivity contribution is 7.80. The van der Waals surface area contributed by atoms with Crippen LogP contribution in [0.5, 0.6) is 0 Å². The van der Waals surface area contributed by atoms with E-state index in [1.54, 1.807) is 6.08 Å². The molecule has 1 heterocycles. The lowest BCUT2D eigenvalue weighted by atomic mass is 9.99. The average Bonchev–Trinajstić information content (AvgIpc) is 3.43. The molecule has 0 bridgehead atoms. The number of ether oxygens (including phenoxy) is 2. The van der Waals surface area contributed by atoms with Gasteiger partial charge in [-0.25, -0.2) is 4.18 Å². The third-order valence-corrected chi connectivity index (χ3v) is 17.3. The Labute approximate surface area is 493 Å². The summed E-state index contributed by atoms with van der Waals surface area (Å²) in [5.74, 6) is -0.253. The average molecular weight is 1160 g/mol. The third kappa shape index (κ3) is 48.1. The smallest absolute Gasteiger partial charge is 0.394 e. The molecule has 80 heavy (non-hydrogen) atoms. The molecule has 1 rings (SSSR count). The number of aliphatic hydroxyl groups is 4. The molecule has 0 aliphatic carbocycles. The van der Waals surface area contributed by atoms with E-state index in [0.29, 0.717) is 6.42 Å². The Morgan fingerprint density at radius 3 is 1.09 bits per heavy atom. The first-order valence-electron chi connectivity index (χ1n) is 34.6. The van der Waals surface area contributed by atoms with Gasteiger partial charge >= 0.3 is 10.4 Å². The predicted molar refractivity (Wildman–Crippen MR) is 333 cm³/mol. The summed E-state index contributed by atoms with van der Waals surface area (Å²) < 4.78 is 48.0. The summed E-state index contributed by atoms with van der Waals surface area (Å²) in [6.45, 7) is 3.46. The van der Waals surface area contributed by atoms with Crippen molar-refractivity contribution in [1.29, 1.82) is 0 Å². The molecule has 7 atom stereocenters. The highest BCUT2D eigenvalue weighted by Crippen LogP contribution is 2.26. The van der Waals surface area contributed by atoms with Gasteiger partial charge in [0, 0.05) is 6.42 Å². The van der Waals surface area contributed by atoms with Crippen molar-refractivity contribution in [2.45, 2.75) is 397 Å². The second-order valence-electron chi connectivity index (χ2n) is 24.5. The zero-order chi connectivity index (χ0) is 58.3. The van der Waals surface area contributed by atoms with E-state index < -0.39 is 59.9 Å². The number of nitrogens with one attached hydrogen (secondary N) is 1. The van der Waals surface area contributed by atoms with Crippen LogP contribution in [0.15, 0.2) is 12.2 Å². The van der Waals surface area contributed by atoms with Gasteiger partial charge in [-0.2, -0.15) is 8.42 Å². The van der Waals surface area contributed by atoms with Gasteiger partial charge in [0.05, 0.1) is 25.4 Å². The number of hydrogen-bond acceptors (Lipinski definition) is 10. The molecule has 1 amide bonds. The molecule has 1 aliphatic heterocycles. The standard InChI is InChI=1S/C67H131NO11S/c1-3-5-7-9-11-13-15-17-19-21-23-25-26-27-28-29-30-31-32-33-34-35-37-39-41-43-45-47-49-51-53-55-57-63(71)68-60(59-77-67-65(73)66(79-80(74,75)76)64(72)62(58-69)78-67)61(70)56-54-52-50-48-46-44-42-40-38-36-24-22-20-18-16-14-12-10-8-6-4-2/h54,56,60-62,64-67,69-70,72-73H,3-53,55,57-59H2,1-2H3,(H,68,71)(H,74,75,76)/b56-54+. The van der Waals surface area contributed by atoms with Gasteiger partial charge in [0.25, 0.3) is 0 Å². The molecular formula is C67H131NO11S. The number of rotatable bonds is 62. The number of allylic oxidation sites excluding steroid dienone is 1. The molecule has 1 aliphatic rings. The minimum absolute atomic E-state index is 0.253. The maximum absolute atomic E-state index is 13.2. The molecule has 0 aromatic carbocycles. The van der Waals surface area contributed by atoms with E-state index in [1.807, 2.05) is 6.08 Å². The second kappa shape index (κ2) is 56.9.